The second kappa shape index (κ2) is 13.0. The Hall–Kier alpha value is -4.78. The van der Waals surface area contributed by atoms with Crippen LogP contribution < -0.4 is 14.8 Å². The summed E-state index contributed by atoms with van der Waals surface area (Å²) in [6, 6.07) is 11.8. The van der Waals surface area contributed by atoms with Crippen LogP contribution in [-0.4, -0.2) is 64.2 Å². The van der Waals surface area contributed by atoms with Gasteiger partial charge in [-0.1, -0.05) is 13.8 Å². The Kier molecular flexibility index (Phi) is 9.00. The van der Waals surface area contributed by atoms with E-state index in [2.05, 4.69) is 34.3 Å². The summed E-state index contributed by atoms with van der Waals surface area (Å²) in [5.74, 6) is 1.28. The van der Waals surface area contributed by atoms with Crippen molar-refractivity contribution in [2.24, 2.45) is 5.92 Å². The molecule has 2 aromatic carbocycles. The predicted molar refractivity (Wildman–Crippen MR) is 157 cm³/mol. The van der Waals surface area contributed by atoms with Gasteiger partial charge < -0.3 is 23.5 Å². The summed E-state index contributed by atoms with van der Waals surface area (Å²) in [5.41, 5.74) is 1.05. The van der Waals surface area contributed by atoms with Gasteiger partial charge in [0, 0.05) is 49.0 Å². The Labute approximate surface area is 252 Å². The second-order valence-corrected chi connectivity index (χ2v) is 11.1. The molecule has 12 nitrogen and oxygen atoms in total. The van der Waals surface area contributed by atoms with E-state index < -0.39 is 18.0 Å². The number of ether oxygens (including phenoxy) is 3. The Bertz CT molecular complexity index is 1620. The van der Waals surface area contributed by atoms with Crippen LogP contribution in [-0.2, 0) is 16.0 Å². The first-order valence-corrected chi connectivity index (χ1v) is 14.7. The number of hydrogen-bond acceptors (Lipinski definition) is 11. The molecule has 1 N–H and O–H groups in total. The Morgan fingerprint density at radius 3 is 2.58 bits per heavy atom. The Morgan fingerprint density at radius 1 is 1.12 bits per heavy atom. The van der Waals surface area contributed by atoms with Gasteiger partial charge >= 0.3 is 5.97 Å². The molecule has 2 aromatic heterocycles. The third kappa shape index (κ3) is 7.36. The number of likely N-dealkylation sites (N-methyl/N-ethyl adjacent to an activating group) is 1. The van der Waals surface area contributed by atoms with Crippen LogP contribution in [0.1, 0.15) is 53.9 Å². The number of likely N-dealkylation sites (tertiary alicyclic amines) is 1. The lowest BCUT2D eigenvalue weighted by atomic mass is 10.1. The molecule has 4 aromatic rings. The summed E-state index contributed by atoms with van der Waals surface area (Å²) in [5, 5.41) is 12.7. The zero-order valence-electron chi connectivity index (χ0n) is 24.2. The average Bonchev–Trinajstić information content (AvgIpc) is 3.71. The maximum atomic E-state index is 13.2. The first-order valence-electron chi connectivity index (χ1n) is 13.8. The Balaban J connectivity index is 1.36. The van der Waals surface area contributed by atoms with Crippen molar-refractivity contribution in [1.29, 1.82) is 0 Å². The van der Waals surface area contributed by atoms with E-state index in [0.717, 1.165) is 16.9 Å². The van der Waals surface area contributed by atoms with Gasteiger partial charge in [-0.25, -0.2) is 9.78 Å². The topological polar surface area (TPSA) is 146 Å². The molecule has 1 aliphatic heterocycles. The number of esters is 1. The summed E-state index contributed by atoms with van der Waals surface area (Å²) < 4.78 is 22.8. The predicted octanol–water partition coefficient (Wildman–Crippen LogP) is 5.22. The number of carbonyl (C=O) groups is 3. The van der Waals surface area contributed by atoms with Crippen LogP contribution in [0.25, 0.3) is 11.5 Å². The zero-order chi connectivity index (χ0) is 30.5. The molecule has 43 heavy (non-hydrogen) atoms. The molecule has 1 atom stereocenters. The quantitative estimate of drug-likeness (QED) is 0.226. The third-order valence-electron chi connectivity index (χ3n) is 6.39. The van der Waals surface area contributed by atoms with Crippen molar-refractivity contribution in [3.63, 3.8) is 0 Å². The number of nitrogens with one attached hydrogen (secondary N) is 1. The van der Waals surface area contributed by atoms with E-state index in [1.165, 1.54) is 11.4 Å². The van der Waals surface area contributed by atoms with Gasteiger partial charge in [0.2, 0.25) is 11.8 Å². The second-order valence-electron chi connectivity index (χ2n) is 10.3. The lowest BCUT2D eigenvalue weighted by molar-refractivity contribution is -0.132. The zero-order valence-corrected chi connectivity index (χ0v) is 25.0. The van der Waals surface area contributed by atoms with Crippen molar-refractivity contribution in [2.45, 2.75) is 39.7 Å². The number of nitrogens with zero attached hydrogens (tertiary/aromatic N) is 4. The van der Waals surface area contributed by atoms with E-state index in [1.54, 1.807) is 55.3 Å². The fourth-order valence-corrected chi connectivity index (χ4v) is 4.97. The van der Waals surface area contributed by atoms with E-state index in [9.17, 15) is 14.4 Å². The number of carbonyl (C=O) groups excluding carboxylic acids is 3. The van der Waals surface area contributed by atoms with Crippen molar-refractivity contribution in [3.05, 3.63) is 65.0 Å². The van der Waals surface area contributed by atoms with Crippen LogP contribution in [0.2, 0.25) is 0 Å². The maximum Gasteiger partial charge on any atom is 0.357 e. The van der Waals surface area contributed by atoms with Gasteiger partial charge in [-0.05, 0) is 49.2 Å². The fraction of sp³-hybridized carbons (Fsp3) is 0.333. The highest BCUT2D eigenvalue weighted by molar-refractivity contribution is 7.14. The molecule has 0 bridgehead atoms. The Morgan fingerprint density at radius 2 is 1.88 bits per heavy atom. The highest BCUT2D eigenvalue weighted by Crippen LogP contribution is 2.31. The van der Waals surface area contributed by atoms with Crippen LogP contribution in [0.4, 0.5) is 5.13 Å². The molecular formula is C30H31N5O7S. The van der Waals surface area contributed by atoms with Gasteiger partial charge in [-0.2, -0.15) is 0 Å². The molecule has 224 valence electrons. The van der Waals surface area contributed by atoms with Crippen LogP contribution in [0.15, 0.2) is 52.3 Å². The minimum atomic E-state index is -0.670. The molecule has 1 fully saturated rings. The molecule has 0 spiro atoms. The molecule has 0 radical (unpaired) electrons. The molecule has 13 heteroatoms. The van der Waals surface area contributed by atoms with Gasteiger partial charge in [-0.15, -0.1) is 21.5 Å². The summed E-state index contributed by atoms with van der Waals surface area (Å²) in [4.78, 5) is 43.4. The lowest BCUT2D eigenvalue weighted by Gasteiger charge is -2.15. The molecule has 1 aliphatic rings. The van der Waals surface area contributed by atoms with Gasteiger partial charge in [0.15, 0.2) is 16.9 Å². The SMILES string of the molecule is CCOC(=O)c1csc(NC(=O)c2cc(Oc3ccc(-c4nnc(CC(C)C)o4)cc3)cc(OC3CCN(C)C3=O)c2)n1. The van der Waals surface area contributed by atoms with Gasteiger partial charge in [0.1, 0.15) is 17.2 Å². The first kappa shape index (κ1) is 29.7. The number of benzene rings is 2. The maximum absolute atomic E-state index is 13.2. The smallest absolute Gasteiger partial charge is 0.357 e. The van der Waals surface area contributed by atoms with Crippen LogP contribution in [0.3, 0.4) is 0 Å². The fourth-order valence-electron chi connectivity index (χ4n) is 4.30. The number of amides is 2. The largest absolute Gasteiger partial charge is 0.480 e. The van der Waals surface area contributed by atoms with E-state index in [-0.39, 0.29) is 28.9 Å². The van der Waals surface area contributed by atoms with Crippen molar-refractivity contribution in [2.75, 3.05) is 25.5 Å². The van der Waals surface area contributed by atoms with E-state index in [4.69, 9.17) is 18.6 Å². The van der Waals surface area contributed by atoms with Crippen LogP contribution in [0, 0.1) is 5.92 Å². The highest BCUT2D eigenvalue weighted by atomic mass is 32.1. The standard InChI is InChI=1S/C30H31N5O7S/c1-5-39-29(38)23-16-43-30(31-23)32-26(36)19-13-21(15-22(14-19)41-24-10-11-35(4)28(24)37)40-20-8-6-18(7-9-20)27-34-33-25(42-27)12-17(2)3/h6-9,13-17,24H,5,10-12H2,1-4H3,(H,31,32,36). The molecular weight excluding hydrogens is 574 g/mol. The van der Waals surface area contributed by atoms with E-state index in [0.29, 0.717) is 54.3 Å². The molecule has 1 saturated heterocycles. The molecule has 0 saturated carbocycles. The summed E-state index contributed by atoms with van der Waals surface area (Å²) >= 11 is 1.09. The van der Waals surface area contributed by atoms with Crippen molar-refractivity contribution >= 4 is 34.3 Å². The van der Waals surface area contributed by atoms with Gasteiger partial charge in [-0.3, -0.25) is 14.9 Å². The minimum absolute atomic E-state index is 0.104. The molecule has 3 heterocycles. The highest BCUT2D eigenvalue weighted by Gasteiger charge is 2.31. The van der Waals surface area contributed by atoms with E-state index >= 15 is 0 Å². The minimum Gasteiger partial charge on any atom is -0.480 e. The monoisotopic (exact) mass is 605 g/mol. The summed E-state index contributed by atoms with van der Waals surface area (Å²) in [6.45, 7) is 6.65. The number of rotatable bonds is 11. The molecule has 0 aliphatic carbocycles. The molecule has 2 amide bonds. The number of anilines is 1. The van der Waals surface area contributed by atoms with Crippen LogP contribution >= 0.6 is 11.3 Å². The van der Waals surface area contributed by atoms with E-state index in [1.807, 2.05) is 0 Å². The van der Waals surface area contributed by atoms with Crippen molar-refractivity contribution < 1.29 is 33.0 Å². The first-order chi connectivity index (χ1) is 20.7. The van der Waals surface area contributed by atoms with Crippen molar-refractivity contribution in [1.82, 2.24) is 20.1 Å². The lowest BCUT2D eigenvalue weighted by Crippen LogP contribution is -2.29. The van der Waals surface area contributed by atoms with Gasteiger partial charge in [0.25, 0.3) is 11.8 Å². The van der Waals surface area contributed by atoms with Gasteiger partial charge in [0.05, 0.1) is 6.61 Å². The number of thiazole rings is 1. The number of aromatic nitrogens is 3. The number of hydrogen-bond donors (Lipinski definition) is 1. The molecule has 5 rings (SSSR count). The molecule has 1 unspecified atom stereocenters. The average molecular weight is 606 g/mol. The van der Waals surface area contributed by atoms with Crippen LogP contribution in [0.5, 0.6) is 17.2 Å². The van der Waals surface area contributed by atoms with Crippen molar-refractivity contribution in [3.8, 4) is 28.7 Å². The third-order valence-corrected chi connectivity index (χ3v) is 7.15. The normalized spacial score (nSPS) is 14.7. The summed E-state index contributed by atoms with van der Waals surface area (Å²) in [6.07, 6.45) is 0.546. The summed E-state index contributed by atoms with van der Waals surface area (Å²) in [7, 11) is 1.71.